The van der Waals surface area contributed by atoms with Crippen LogP contribution in [0.5, 0.6) is 0 Å². The van der Waals surface area contributed by atoms with E-state index >= 15 is 0 Å². The maximum Gasteiger partial charge on any atom is 0.242 e. The van der Waals surface area contributed by atoms with Gasteiger partial charge < -0.3 is 16.0 Å². The van der Waals surface area contributed by atoms with Gasteiger partial charge in [-0.25, -0.2) is 0 Å². The molecule has 0 aliphatic heterocycles. The number of rotatable bonds is 6. The van der Waals surface area contributed by atoms with E-state index in [0.29, 0.717) is 6.54 Å². The number of carbonyl (C=O) groups excluding carboxylic acids is 2. The second-order valence-electron chi connectivity index (χ2n) is 5.37. The van der Waals surface area contributed by atoms with Crippen molar-refractivity contribution in [1.29, 1.82) is 0 Å². The lowest BCUT2D eigenvalue weighted by Crippen LogP contribution is -2.47. The molecule has 0 radical (unpaired) electrons. The van der Waals surface area contributed by atoms with Crippen molar-refractivity contribution in [3.63, 3.8) is 0 Å². The number of halogens is 2. The van der Waals surface area contributed by atoms with E-state index in [4.69, 9.17) is 5.73 Å². The lowest BCUT2D eigenvalue weighted by atomic mass is 10.1. The Kier molecular flexibility index (Phi) is 9.32. The van der Waals surface area contributed by atoms with Crippen molar-refractivity contribution in [2.24, 2.45) is 11.7 Å². The van der Waals surface area contributed by atoms with Gasteiger partial charge in [0.1, 0.15) is 0 Å². The van der Waals surface area contributed by atoms with E-state index in [9.17, 15) is 9.59 Å². The largest absolute Gasteiger partial charge is 0.346 e. The Bertz CT molecular complexity index is 511. The molecule has 1 aromatic carbocycles. The van der Waals surface area contributed by atoms with Gasteiger partial charge in [-0.15, -0.1) is 12.4 Å². The van der Waals surface area contributed by atoms with Crippen LogP contribution in [0.15, 0.2) is 28.7 Å². The first-order chi connectivity index (χ1) is 9.81. The number of hydrogen-bond acceptors (Lipinski definition) is 3. The van der Waals surface area contributed by atoms with Gasteiger partial charge in [0, 0.05) is 18.1 Å². The number of benzene rings is 1. The van der Waals surface area contributed by atoms with Crippen molar-refractivity contribution in [3.05, 3.63) is 34.3 Å². The molecule has 1 atom stereocenters. The van der Waals surface area contributed by atoms with Crippen molar-refractivity contribution in [1.82, 2.24) is 10.2 Å². The van der Waals surface area contributed by atoms with Gasteiger partial charge in [0.25, 0.3) is 0 Å². The number of nitrogens with two attached hydrogens (primary N) is 1. The Morgan fingerprint density at radius 3 is 2.55 bits per heavy atom. The Morgan fingerprint density at radius 2 is 2.00 bits per heavy atom. The van der Waals surface area contributed by atoms with Crippen LogP contribution >= 0.6 is 28.3 Å². The monoisotopic (exact) mass is 391 g/mol. The summed E-state index contributed by atoms with van der Waals surface area (Å²) in [5, 5.41) is 2.58. The lowest BCUT2D eigenvalue weighted by molar-refractivity contribution is -0.132. The molecule has 5 nitrogen and oxygen atoms in total. The normalized spacial score (nSPS) is 11.5. The molecule has 1 aromatic rings. The van der Waals surface area contributed by atoms with E-state index in [-0.39, 0.29) is 36.7 Å². The molecule has 0 aliphatic rings. The smallest absolute Gasteiger partial charge is 0.242 e. The third-order valence-electron chi connectivity index (χ3n) is 3.17. The standard InChI is InChI=1S/C15H22BrN3O2.ClH/c1-10(2)14(17)15(21)18-8-13(20)19(3)9-11-5-4-6-12(16)7-11;/h4-7,10,14H,8-9,17H2,1-3H3,(H,18,21);1H/t14-;/m0./s1. The Balaban J connectivity index is 0.00000441. The van der Waals surface area contributed by atoms with Crippen molar-refractivity contribution in [3.8, 4) is 0 Å². The predicted molar refractivity (Wildman–Crippen MR) is 93.7 cm³/mol. The van der Waals surface area contributed by atoms with Gasteiger partial charge in [-0.2, -0.15) is 0 Å². The van der Waals surface area contributed by atoms with Crippen LogP contribution in [0.4, 0.5) is 0 Å². The minimum atomic E-state index is -0.590. The quantitative estimate of drug-likeness (QED) is 0.777. The van der Waals surface area contributed by atoms with Crippen LogP contribution in [0.3, 0.4) is 0 Å². The van der Waals surface area contributed by atoms with Gasteiger partial charge in [-0.05, 0) is 23.6 Å². The molecule has 124 valence electrons. The molecule has 0 saturated heterocycles. The summed E-state index contributed by atoms with van der Waals surface area (Å²) in [6.07, 6.45) is 0. The molecule has 3 N–H and O–H groups in total. The van der Waals surface area contributed by atoms with Crippen molar-refractivity contribution >= 4 is 40.2 Å². The topological polar surface area (TPSA) is 75.4 Å². The fourth-order valence-electron chi connectivity index (χ4n) is 1.72. The third kappa shape index (κ3) is 6.77. The maximum atomic E-state index is 12.0. The summed E-state index contributed by atoms with van der Waals surface area (Å²) < 4.78 is 0.969. The fraction of sp³-hybridized carbons (Fsp3) is 0.467. The fourth-order valence-corrected chi connectivity index (χ4v) is 2.16. The lowest BCUT2D eigenvalue weighted by Gasteiger charge is -2.19. The average molecular weight is 393 g/mol. The summed E-state index contributed by atoms with van der Waals surface area (Å²) >= 11 is 3.39. The molecule has 0 unspecified atom stereocenters. The zero-order valence-electron chi connectivity index (χ0n) is 13.0. The highest BCUT2D eigenvalue weighted by Crippen LogP contribution is 2.12. The number of carbonyl (C=O) groups is 2. The SMILES string of the molecule is CC(C)[C@H](N)C(=O)NCC(=O)N(C)Cc1cccc(Br)c1.Cl. The molecule has 0 spiro atoms. The first-order valence-corrected chi connectivity index (χ1v) is 7.62. The average Bonchev–Trinajstić information content (AvgIpc) is 2.43. The molecule has 0 saturated carbocycles. The predicted octanol–water partition coefficient (Wildman–Crippen LogP) is 1.93. The second-order valence-corrected chi connectivity index (χ2v) is 6.28. The number of likely N-dealkylation sites (N-methyl/N-ethyl adjacent to an activating group) is 1. The molecular formula is C15H23BrClN3O2. The molecule has 0 fully saturated rings. The van der Waals surface area contributed by atoms with Crippen LogP contribution in [-0.4, -0.2) is 36.3 Å². The van der Waals surface area contributed by atoms with Crippen LogP contribution in [0.25, 0.3) is 0 Å². The highest BCUT2D eigenvalue weighted by atomic mass is 79.9. The molecule has 2 amide bonds. The summed E-state index contributed by atoms with van der Waals surface area (Å²) in [5.74, 6) is -0.409. The summed E-state index contributed by atoms with van der Waals surface area (Å²) in [5.41, 5.74) is 6.74. The highest BCUT2D eigenvalue weighted by Gasteiger charge is 2.18. The first-order valence-electron chi connectivity index (χ1n) is 6.83. The van der Waals surface area contributed by atoms with Gasteiger partial charge in [-0.3, -0.25) is 9.59 Å². The van der Waals surface area contributed by atoms with Gasteiger partial charge in [0.2, 0.25) is 11.8 Å². The number of nitrogens with zero attached hydrogens (tertiary/aromatic N) is 1. The maximum absolute atomic E-state index is 12.0. The zero-order valence-corrected chi connectivity index (χ0v) is 15.4. The van der Waals surface area contributed by atoms with E-state index in [1.165, 1.54) is 0 Å². The molecule has 22 heavy (non-hydrogen) atoms. The minimum Gasteiger partial charge on any atom is -0.346 e. The highest BCUT2D eigenvalue weighted by molar-refractivity contribution is 9.10. The van der Waals surface area contributed by atoms with Crippen LogP contribution < -0.4 is 11.1 Å². The van der Waals surface area contributed by atoms with E-state index in [1.54, 1.807) is 11.9 Å². The third-order valence-corrected chi connectivity index (χ3v) is 3.66. The Labute approximate surface area is 146 Å². The van der Waals surface area contributed by atoms with Crippen molar-refractivity contribution < 1.29 is 9.59 Å². The van der Waals surface area contributed by atoms with Crippen molar-refractivity contribution in [2.45, 2.75) is 26.4 Å². The molecule has 0 bridgehead atoms. The molecule has 7 heteroatoms. The summed E-state index contributed by atoms with van der Waals surface area (Å²) in [6, 6.07) is 7.16. The second kappa shape index (κ2) is 9.82. The van der Waals surface area contributed by atoms with Crippen LogP contribution in [0.1, 0.15) is 19.4 Å². The number of hydrogen-bond donors (Lipinski definition) is 2. The van der Waals surface area contributed by atoms with E-state index in [1.807, 2.05) is 38.1 Å². The van der Waals surface area contributed by atoms with Crippen LogP contribution in [0, 0.1) is 5.92 Å². The Morgan fingerprint density at radius 1 is 1.36 bits per heavy atom. The first kappa shape index (κ1) is 20.9. The summed E-state index contributed by atoms with van der Waals surface area (Å²) in [4.78, 5) is 25.3. The minimum absolute atomic E-state index is 0. The molecular weight excluding hydrogens is 370 g/mol. The van der Waals surface area contributed by atoms with Crippen LogP contribution in [0.2, 0.25) is 0 Å². The van der Waals surface area contributed by atoms with E-state index < -0.39 is 6.04 Å². The molecule has 1 rings (SSSR count). The van der Waals surface area contributed by atoms with Crippen molar-refractivity contribution in [2.75, 3.05) is 13.6 Å². The van der Waals surface area contributed by atoms with Gasteiger partial charge >= 0.3 is 0 Å². The van der Waals surface area contributed by atoms with Gasteiger partial charge in [-0.1, -0.05) is 41.9 Å². The summed E-state index contributed by atoms with van der Waals surface area (Å²) in [6.45, 7) is 4.19. The number of amides is 2. The summed E-state index contributed by atoms with van der Waals surface area (Å²) in [7, 11) is 1.71. The van der Waals surface area contributed by atoms with E-state index in [2.05, 4.69) is 21.2 Å². The molecule has 0 aromatic heterocycles. The Hall–Kier alpha value is -1.11. The molecule has 0 aliphatic carbocycles. The van der Waals surface area contributed by atoms with E-state index in [0.717, 1.165) is 10.0 Å². The van der Waals surface area contributed by atoms with Crippen LogP contribution in [-0.2, 0) is 16.1 Å². The number of nitrogens with one attached hydrogen (secondary N) is 1. The molecule has 0 heterocycles. The van der Waals surface area contributed by atoms with Gasteiger partial charge in [0.15, 0.2) is 0 Å². The zero-order chi connectivity index (χ0) is 16.0. The van der Waals surface area contributed by atoms with Gasteiger partial charge in [0.05, 0.1) is 12.6 Å².